The van der Waals surface area contributed by atoms with Gasteiger partial charge < -0.3 is 20.4 Å². The summed E-state index contributed by atoms with van der Waals surface area (Å²) in [6.07, 6.45) is 0.686. The minimum atomic E-state index is -0.587. The highest BCUT2D eigenvalue weighted by Gasteiger charge is 2.36. The van der Waals surface area contributed by atoms with Crippen LogP contribution in [0.1, 0.15) is 17.7 Å². The zero-order valence-electron chi connectivity index (χ0n) is 12.5. The van der Waals surface area contributed by atoms with Crippen LogP contribution in [0.4, 0.5) is 0 Å². The highest BCUT2D eigenvalue weighted by Crippen LogP contribution is 2.30. The van der Waals surface area contributed by atoms with Gasteiger partial charge in [0.15, 0.2) is 0 Å². The van der Waals surface area contributed by atoms with Crippen LogP contribution >= 0.6 is 0 Å². The third-order valence-corrected chi connectivity index (χ3v) is 4.16. The zero-order valence-corrected chi connectivity index (χ0v) is 12.5. The number of carbonyl (C=O) groups excluding carboxylic acids is 2. The monoisotopic (exact) mass is 301 g/mol. The molecule has 0 aliphatic carbocycles. The number of methoxy groups -OCH3 is 1. The van der Waals surface area contributed by atoms with E-state index in [9.17, 15) is 9.59 Å². The van der Waals surface area contributed by atoms with Crippen LogP contribution in [0, 0.1) is 0 Å². The quantitative estimate of drug-likeness (QED) is 0.826. The maximum atomic E-state index is 12.3. The van der Waals surface area contributed by atoms with Gasteiger partial charge in [-0.2, -0.15) is 0 Å². The molecule has 2 aromatic rings. The summed E-state index contributed by atoms with van der Waals surface area (Å²) in [6, 6.07) is 7.36. The fourth-order valence-corrected chi connectivity index (χ4v) is 3.08. The number of rotatable bonds is 3. The van der Waals surface area contributed by atoms with Gasteiger partial charge in [0.2, 0.25) is 5.91 Å². The largest absolute Gasteiger partial charge is 0.467 e. The average Bonchev–Trinajstić information content (AvgIpc) is 2.90. The Kier molecular flexibility index (Phi) is 3.85. The number of nitrogens with two attached hydrogens (primary N) is 1. The summed E-state index contributed by atoms with van der Waals surface area (Å²) in [5, 5.41) is 1.09. The van der Waals surface area contributed by atoms with Crippen molar-refractivity contribution < 1.29 is 14.3 Å². The van der Waals surface area contributed by atoms with Gasteiger partial charge in [0, 0.05) is 36.0 Å². The number of nitrogens with zero attached hydrogens (tertiary/aromatic N) is 1. The maximum absolute atomic E-state index is 12.3. The Morgan fingerprint density at radius 2 is 2.18 bits per heavy atom. The predicted molar refractivity (Wildman–Crippen MR) is 82.0 cm³/mol. The van der Waals surface area contributed by atoms with E-state index in [1.54, 1.807) is 4.90 Å². The summed E-state index contributed by atoms with van der Waals surface area (Å²) in [5.41, 5.74) is 8.56. The zero-order chi connectivity index (χ0) is 15.7. The van der Waals surface area contributed by atoms with Gasteiger partial charge in [0.1, 0.15) is 6.04 Å². The van der Waals surface area contributed by atoms with Gasteiger partial charge in [0.05, 0.1) is 13.7 Å². The van der Waals surface area contributed by atoms with E-state index in [4.69, 9.17) is 10.5 Å². The molecule has 3 rings (SSSR count). The molecule has 116 valence electrons. The van der Waals surface area contributed by atoms with E-state index < -0.39 is 6.04 Å². The molecule has 0 spiro atoms. The minimum absolute atomic E-state index is 0.123. The standard InChI is InChI=1S/C16H19N3O3/c1-22-16(21)14-8-11-10-4-2-3-5-12(10)18-13(11)9-19(14)15(20)6-7-17/h2-5,14,18H,6-9,17H2,1H3/t14-/m0/s1. The molecule has 0 saturated heterocycles. The first kappa shape index (κ1) is 14.6. The Bertz CT molecular complexity index is 722. The van der Waals surface area contributed by atoms with Crippen molar-refractivity contribution in [3.63, 3.8) is 0 Å². The second kappa shape index (κ2) is 5.81. The lowest BCUT2D eigenvalue weighted by Gasteiger charge is -2.34. The third-order valence-electron chi connectivity index (χ3n) is 4.16. The number of H-pyrrole nitrogens is 1. The Morgan fingerprint density at radius 3 is 2.91 bits per heavy atom. The number of hydrogen-bond acceptors (Lipinski definition) is 4. The number of fused-ring (bicyclic) bond motifs is 3. The van der Waals surface area contributed by atoms with Crippen LogP contribution in [0.5, 0.6) is 0 Å². The van der Waals surface area contributed by atoms with Crippen molar-refractivity contribution in [3.05, 3.63) is 35.5 Å². The molecule has 22 heavy (non-hydrogen) atoms. The van der Waals surface area contributed by atoms with Crippen molar-refractivity contribution in [1.29, 1.82) is 0 Å². The topological polar surface area (TPSA) is 88.4 Å². The van der Waals surface area contributed by atoms with Crippen molar-refractivity contribution in [1.82, 2.24) is 9.88 Å². The van der Waals surface area contributed by atoms with Crippen LogP contribution in [0.3, 0.4) is 0 Å². The summed E-state index contributed by atoms with van der Waals surface area (Å²) in [6.45, 7) is 0.644. The lowest BCUT2D eigenvalue weighted by atomic mass is 9.96. The summed E-state index contributed by atoms with van der Waals surface area (Å²) < 4.78 is 4.88. The van der Waals surface area contributed by atoms with Gasteiger partial charge in [-0.15, -0.1) is 0 Å². The van der Waals surface area contributed by atoms with Gasteiger partial charge in [-0.05, 0) is 11.6 Å². The molecular weight excluding hydrogens is 282 g/mol. The molecule has 6 nitrogen and oxygen atoms in total. The van der Waals surface area contributed by atoms with E-state index >= 15 is 0 Å². The molecule has 1 aromatic carbocycles. The minimum Gasteiger partial charge on any atom is -0.467 e. The molecule has 1 amide bonds. The second-order valence-corrected chi connectivity index (χ2v) is 5.43. The molecule has 3 N–H and O–H groups in total. The second-order valence-electron chi connectivity index (χ2n) is 5.43. The number of esters is 1. The normalized spacial score (nSPS) is 17.4. The summed E-state index contributed by atoms with van der Waals surface area (Å²) in [7, 11) is 1.35. The van der Waals surface area contributed by atoms with E-state index in [1.165, 1.54) is 7.11 Å². The highest BCUT2D eigenvalue weighted by molar-refractivity contribution is 5.89. The highest BCUT2D eigenvalue weighted by atomic mass is 16.5. The van der Waals surface area contributed by atoms with Crippen LogP contribution < -0.4 is 5.73 Å². The third kappa shape index (κ3) is 2.35. The van der Waals surface area contributed by atoms with Gasteiger partial charge >= 0.3 is 5.97 Å². The van der Waals surface area contributed by atoms with Crippen molar-refractivity contribution in [2.45, 2.75) is 25.4 Å². The van der Waals surface area contributed by atoms with E-state index in [0.29, 0.717) is 13.0 Å². The van der Waals surface area contributed by atoms with Crippen LogP contribution in [0.15, 0.2) is 24.3 Å². The SMILES string of the molecule is COC(=O)[C@@H]1Cc2c([nH]c3ccccc23)CN1C(=O)CCN. The molecule has 0 unspecified atom stereocenters. The van der Waals surface area contributed by atoms with E-state index in [0.717, 1.165) is 22.2 Å². The predicted octanol–water partition coefficient (Wildman–Crippen LogP) is 0.943. The number of para-hydroxylation sites is 1. The lowest BCUT2D eigenvalue weighted by molar-refractivity contribution is -0.154. The number of hydrogen-bond donors (Lipinski definition) is 2. The molecule has 6 heteroatoms. The number of nitrogens with one attached hydrogen (secondary N) is 1. The molecule has 1 aliphatic rings. The fraction of sp³-hybridized carbons (Fsp3) is 0.375. The van der Waals surface area contributed by atoms with E-state index in [2.05, 4.69) is 4.98 Å². The van der Waals surface area contributed by atoms with E-state index in [-0.39, 0.29) is 24.8 Å². The number of amides is 1. The Hall–Kier alpha value is -2.34. The molecule has 1 atom stereocenters. The van der Waals surface area contributed by atoms with Gasteiger partial charge in [-0.25, -0.2) is 4.79 Å². The fourth-order valence-electron chi connectivity index (χ4n) is 3.08. The first-order valence-electron chi connectivity index (χ1n) is 7.31. The van der Waals surface area contributed by atoms with Gasteiger partial charge in [-0.3, -0.25) is 4.79 Å². The Labute approximate surface area is 128 Å². The number of carbonyl (C=O) groups is 2. The molecular formula is C16H19N3O3. The first-order valence-corrected chi connectivity index (χ1v) is 7.31. The number of benzene rings is 1. The smallest absolute Gasteiger partial charge is 0.328 e. The van der Waals surface area contributed by atoms with Crippen molar-refractivity contribution in [2.75, 3.05) is 13.7 Å². The van der Waals surface area contributed by atoms with Gasteiger partial charge in [-0.1, -0.05) is 18.2 Å². The van der Waals surface area contributed by atoms with Crippen molar-refractivity contribution >= 4 is 22.8 Å². The summed E-state index contributed by atoms with van der Waals surface area (Å²) in [5.74, 6) is -0.511. The van der Waals surface area contributed by atoms with Crippen LogP contribution in [0.25, 0.3) is 10.9 Å². The Morgan fingerprint density at radius 1 is 1.41 bits per heavy atom. The molecule has 2 heterocycles. The number of ether oxygens (including phenoxy) is 1. The number of aromatic amines is 1. The molecule has 1 aromatic heterocycles. The van der Waals surface area contributed by atoms with Crippen LogP contribution in [-0.2, 0) is 27.3 Å². The lowest BCUT2D eigenvalue weighted by Crippen LogP contribution is -2.49. The summed E-state index contributed by atoms with van der Waals surface area (Å²) >= 11 is 0. The molecule has 0 bridgehead atoms. The Balaban J connectivity index is 2.02. The maximum Gasteiger partial charge on any atom is 0.328 e. The van der Waals surface area contributed by atoms with Gasteiger partial charge in [0.25, 0.3) is 0 Å². The number of aromatic nitrogens is 1. The molecule has 0 radical (unpaired) electrons. The van der Waals surface area contributed by atoms with Crippen molar-refractivity contribution in [2.24, 2.45) is 5.73 Å². The molecule has 0 fully saturated rings. The molecule has 1 aliphatic heterocycles. The molecule has 0 saturated carbocycles. The van der Waals surface area contributed by atoms with Crippen molar-refractivity contribution in [3.8, 4) is 0 Å². The summed E-state index contributed by atoms with van der Waals surface area (Å²) in [4.78, 5) is 29.3. The first-order chi connectivity index (χ1) is 10.7. The van der Waals surface area contributed by atoms with Crippen LogP contribution in [0.2, 0.25) is 0 Å². The van der Waals surface area contributed by atoms with Crippen LogP contribution in [-0.4, -0.2) is 41.5 Å². The average molecular weight is 301 g/mol. The van der Waals surface area contributed by atoms with E-state index in [1.807, 2.05) is 24.3 Å².